The van der Waals surface area contributed by atoms with Crippen molar-refractivity contribution < 1.29 is 13.2 Å². The van der Waals surface area contributed by atoms with Gasteiger partial charge in [-0.1, -0.05) is 53.0 Å². The van der Waals surface area contributed by atoms with Crippen molar-refractivity contribution in [3.8, 4) is 0 Å². The lowest BCUT2D eigenvalue weighted by molar-refractivity contribution is -0.116. The van der Waals surface area contributed by atoms with E-state index >= 15 is 0 Å². The maximum atomic E-state index is 13.2. The summed E-state index contributed by atoms with van der Waals surface area (Å²) in [5.74, 6) is -0.498. The molecular weight excluding hydrogens is 467 g/mol. The third-order valence-electron chi connectivity index (χ3n) is 4.20. The van der Waals surface area contributed by atoms with Crippen LogP contribution in [0, 0.1) is 0 Å². The SMILES string of the molecule is O=C(CN(Cc1ccccc1Cl)S(=O)(=O)c1ccc(Cl)cc1)Nc1ccc(Cl)cc1. The molecule has 0 atom stereocenters. The van der Waals surface area contributed by atoms with E-state index in [9.17, 15) is 13.2 Å². The maximum absolute atomic E-state index is 13.2. The van der Waals surface area contributed by atoms with Crippen molar-refractivity contribution in [2.75, 3.05) is 11.9 Å². The molecule has 0 saturated heterocycles. The third-order valence-corrected chi connectivity index (χ3v) is 6.88. The van der Waals surface area contributed by atoms with Crippen LogP contribution in [-0.2, 0) is 21.4 Å². The first-order valence-corrected chi connectivity index (χ1v) is 11.4. The van der Waals surface area contributed by atoms with E-state index in [2.05, 4.69) is 5.32 Å². The zero-order valence-corrected chi connectivity index (χ0v) is 18.6. The van der Waals surface area contributed by atoms with Crippen LogP contribution < -0.4 is 5.32 Å². The highest BCUT2D eigenvalue weighted by molar-refractivity contribution is 7.89. The third kappa shape index (κ3) is 5.74. The van der Waals surface area contributed by atoms with Gasteiger partial charge >= 0.3 is 0 Å². The number of hydrogen-bond donors (Lipinski definition) is 1. The van der Waals surface area contributed by atoms with E-state index in [-0.39, 0.29) is 11.4 Å². The predicted molar refractivity (Wildman–Crippen MR) is 121 cm³/mol. The summed E-state index contributed by atoms with van der Waals surface area (Å²) in [6.45, 7) is -0.475. The van der Waals surface area contributed by atoms with Gasteiger partial charge in [0.15, 0.2) is 0 Å². The van der Waals surface area contributed by atoms with Crippen LogP contribution in [0.5, 0.6) is 0 Å². The number of carbonyl (C=O) groups is 1. The topological polar surface area (TPSA) is 66.5 Å². The summed E-state index contributed by atoms with van der Waals surface area (Å²) in [6.07, 6.45) is 0. The fraction of sp³-hybridized carbons (Fsp3) is 0.0952. The fourth-order valence-electron chi connectivity index (χ4n) is 2.69. The Balaban J connectivity index is 1.88. The van der Waals surface area contributed by atoms with Crippen molar-refractivity contribution in [1.82, 2.24) is 4.31 Å². The van der Waals surface area contributed by atoms with Gasteiger partial charge in [0.25, 0.3) is 0 Å². The molecule has 1 amide bonds. The molecule has 0 heterocycles. The molecule has 0 fully saturated rings. The Hall–Kier alpha value is -2.09. The van der Waals surface area contributed by atoms with E-state index in [1.54, 1.807) is 48.5 Å². The Morgan fingerprint density at radius 2 is 1.40 bits per heavy atom. The average molecular weight is 484 g/mol. The molecule has 30 heavy (non-hydrogen) atoms. The smallest absolute Gasteiger partial charge is 0.243 e. The molecular formula is C21H17Cl3N2O3S. The highest BCUT2D eigenvalue weighted by Gasteiger charge is 2.27. The lowest BCUT2D eigenvalue weighted by Crippen LogP contribution is -2.37. The molecule has 0 bridgehead atoms. The van der Waals surface area contributed by atoms with Crippen LogP contribution >= 0.6 is 34.8 Å². The molecule has 0 radical (unpaired) electrons. The van der Waals surface area contributed by atoms with Crippen LogP contribution in [-0.4, -0.2) is 25.2 Å². The zero-order valence-electron chi connectivity index (χ0n) is 15.6. The number of rotatable bonds is 7. The Kier molecular flexibility index (Phi) is 7.39. The second-order valence-corrected chi connectivity index (χ2v) is 9.59. The molecule has 3 rings (SSSR count). The Morgan fingerprint density at radius 3 is 2.00 bits per heavy atom. The number of benzene rings is 3. The number of carbonyl (C=O) groups excluding carboxylic acids is 1. The number of amides is 1. The van der Waals surface area contributed by atoms with E-state index in [0.717, 1.165) is 4.31 Å². The van der Waals surface area contributed by atoms with E-state index in [1.807, 2.05) is 0 Å². The summed E-state index contributed by atoms with van der Waals surface area (Å²) in [6, 6.07) is 19.2. The van der Waals surface area contributed by atoms with Gasteiger partial charge < -0.3 is 5.32 Å². The van der Waals surface area contributed by atoms with Crippen LogP contribution in [0.25, 0.3) is 0 Å². The van der Waals surface area contributed by atoms with Crippen LogP contribution in [0.15, 0.2) is 77.7 Å². The minimum Gasteiger partial charge on any atom is -0.325 e. The molecule has 156 valence electrons. The first-order valence-electron chi connectivity index (χ1n) is 8.80. The molecule has 0 aliphatic rings. The summed E-state index contributed by atoms with van der Waals surface area (Å²) in [7, 11) is -3.99. The highest BCUT2D eigenvalue weighted by atomic mass is 35.5. The largest absolute Gasteiger partial charge is 0.325 e. The van der Waals surface area contributed by atoms with Crippen molar-refractivity contribution in [2.24, 2.45) is 0 Å². The minimum absolute atomic E-state index is 0.0262. The molecule has 9 heteroatoms. The van der Waals surface area contributed by atoms with E-state index in [1.165, 1.54) is 24.3 Å². The van der Waals surface area contributed by atoms with Crippen molar-refractivity contribution in [1.29, 1.82) is 0 Å². The van der Waals surface area contributed by atoms with Gasteiger partial charge in [0.2, 0.25) is 15.9 Å². The fourth-order valence-corrected chi connectivity index (χ4v) is 4.51. The van der Waals surface area contributed by atoms with Crippen LogP contribution in [0.2, 0.25) is 15.1 Å². The van der Waals surface area contributed by atoms with Crippen molar-refractivity contribution >= 4 is 56.4 Å². The molecule has 5 nitrogen and oxygen atoms in total. The van der Waals surface area contributed by atoms with Crippen LogP contribution in [0.3, 0.4) is 0 Å². The molecule has 0 aliphatic heterocycles. The monoisotopic (exact) mass is 482 g/mol. The average Bonchev–Trinajstić information content (AvgIpc) is 2.71. The first kappa shape index (κ1) is 22.6. The van der Waals surface area contributed by atoms with Crippen molar-refractivity contribution in [2.45, 2.75) is 11.4 Å². The van der Waals surface area contributed by atoms with Gasteiger partial charge in [-0.05, 0) is 60.2 Å². The number of anilines is 1. The Bertz CT molecular complexity index is 1130. The number of nitrogens with one attached hydrogen (secondary N) is 1. The number of sulfonamides is 1. The molecule has 0 aromatic heterocycles. The number of nitrogens with zero attached hydrogens (tertiary/aromatic N) is 1. The number of halogens is 3. The minimum atomic E-state index is -3.99. The zero-order chi connectivity index (χ0) is 21.7. The van der Waals surface area contributed by atoms with Crippen LogP contribution in [0.4, 0.5) is 5.69 Å². The first-order chi connectivity index (χ1) is 14.3. The summed E-state index contributed by atoms with van der Waals surface area (Å²) in [4.78, 5) is 12.6. The second-order valence-electron chi connectivity index (χ2n) is 6.37. The summed E-state index contributed by atoms with van der Waals surface area (Å²) < 4.78 is 27.5. The van der Waals surface area contributed by atoms with E-state index < -0.39 is 22.5 Å². The van der Waals surface area contributed by atoms with Crippen molar-refractivity contribution in [3.63, 3.8) is 0 Å². The molecule has 3 aromatic rings. The molecule has 0 spiro atoms. The molecule has 0 aliphatic carbocycles. The summed E-state index contributed by atoms with van der Waals surface area (Å²) >= 11 is 17.9. The lowest BCUT2D eigenvalue weighted by atomic mass is 10.2. The Morgan fingerprint density at radius 1 is 0.833 bits per heavy atom. The molecule has 1 N–H and O–H groups in total. The summed E-state index contributed by atoms with van der Waals surface area (Å²) in [5.41, 5.74) is 1.09. The highest BCUT2D eigenvalue weighted by Crippen LogP contribution is 2.24. The maximum Gasteiger partial charge on any atom is 0.243 e. The second kappa shape index (κ2) is 9.81. The lowest BCUT2D eigenvalue weighted by Gasteiger charge is -2.22. The van der Waals surface area contributed by atoms with Gasteiger partial charge in [-0.2, -0.15) is 4.31 Å². The number of hydrogen-bond acceptors (Lipinski definition) is 3. The van der Waals surface area contributed by atoms with Gasteiger partial charge in [0, 0.05) is 27.3 Å². The molecule has 3 aromatic carbocycles. The van der Waals surface area contributed by atoms with E-state index in [0.29, 0.717) is 26.3 Å². The van der Waals surface area contributed by atoms with Gasteiger partial charge in [-0.3, -0.25) is 4.79 Å². The predicted octanol–water partition coefficient (Wildman–Crippen LogP) is 5.48. The molecule has 0 saturated carbocycles. The standard InChI is InChI=1S/C21H17Cl3N2O3S/c22-16-5-9-18(10-6-16)25-21(27)14-26(13-15-3-1-2-4-20(15)24)30(28,29)19-11-7-17(23)8-12-19/h1-12H,13-14H2,(H,25,27). The quantitative estimate of drug-likeness (QED) is 0.484. The normalized spacial score (nSPS) is 11.5. The van der Waals surface area contributed by atoms with Crippen molar-refractivity contribution in [3.05, 3.63) is 93.4 Å². The molecule has 0 unspecified atom stereocenters. The van der Waals surface area contributed by atoms with Crippen LogP contribution in [0.1, 0.15) is 5.56 Å². The van der Waals surface area contributed by atoms with Gasteiger partial charge in [0.1, 0.15) is 0 Å². The Labute approximate surface area is 190 Å². The van der Waals surface area contributed by atoms with E-state index in [4.69, 9.17) is 34.8 Å². The van der Waals surface area contributed by atoms with Gasteiger partial charge in [0.05, 0.1) is 11.4 Å². The summed E-state index contributed by atoms with van der Waals surface area (Å²) in [5, 5.41) is 4.02. The van der Waals surface area contributed by atoms with Gasteiger partial charge in [-0.15, -0.1) is 0 Å². The van der Waals surface area contributed by atoms with Gasteiger partial charge in [-0.25, -0.2) is 8.42 Å².